The summed E-state index contributed by atoms with van der Waals surface area (Å²) < 4.78 is 19.4. The number of morpholine rings is 1. The summed E-state index contributed by atoms with van der Waals surface area (Å²) in [7, 11) is 1.84. The van der Waals surface area contributed by atoms with Gasteiger partial charge in [-0.1, -0.05) is 30.3 Å². The maximum absolute atomic E-state index is 14.1. The van der Waals surface area contributed by atoms with Crippen LogP contribution in [0.25, 0.3) is 0 Å². The maximum atomic E-state index is 14.1. The molecule has 1 saturated heterocycles. The van der Waals surface area contributed by atoms with E-state index in [2.05, 4.69) is 9.97 Å². The van der Waals surface area contributed by atoms with Crippen LogP contribution < -0.4 is 9.80 Å². The summed E-state index contributed by atoms with van der Waals surface area (Å²) >= 11 is 0. The number of rotatable bonds is 6. The van der Waals surface area contributed by atoms with Crippen molar-refractivity contribution in [3.05, 3.63) is 47.9 Å². The van der Waals surface area contributed by atoms with E-state index in [0.717, 1.165) is 5.56 Å². The third kappa shape index (κ3) is 4.43. The first-order chi connectivity index (χ1) is 12.1. The number of hydrogen-bond acceptors (Lipinski definition) is 6. The molecule has 0 bridgehead atoms. The van der Waals surface area contributed by atoms with Gasteiger partial charge in [-0.15, -0.1) is 0 Å². The van der Waals surface area contributed by atoms with E-state index in [1.165, 1.54) is 6.20 Å². The Kier molecular flexibility index (Phi) is 5.78. The number of ether oxygens (including phenoxy) is 1. The Morgan fingerprint density at radius 2 is 2.00 bits per heavy atom. The Hall–Kier alpha value is -2.25. The van der Waals surface area contributed by atoms with Crippen LogP contribution in [0.15, 0.2) is 36.5 Å². The standard InChI is InChI=1S/C18H23FN4O2/c1-22(8-7-16(24)14-5-3-2-4-6-14)18-20-13-15(19)17(21-18)23-9-11-25-12-10-23/h2-6,13,16,24H,7-12H2,1H3/t16-/m0/s1. The molecule has 0 radical (unpaired) electrons. The molecule has 0 spiro atoms. The third-order valence-corrected chi connectivity index (χ3v) is 4.29. The predicted octanol–water partition coefficient (Wildman–Crippen LogP) is 2.01. The number of aliphatic hydroxyl groups is 1. The number of aliphatic hydroxyl groups excluding tert-OH is 1. The zero-order chi connectivity index (χ0) is 17.6. The topological polar surface area (TPSA) is 61.7 Å². The minimum Gasteiger partial charge on any atom is -0.388 e. The fourth-order valence-corrected chi connectivity index (χ4v) is 2.79. The number of benzene rings is 1. The molecule has 25 heavy (non-hydrogen) atoms. The van der Waals surface area contributed by atoms with Crippen LogP contribution >= 0.6 is 0 Å². The van der Waals surface area contributed by atoms with Crippen molar-refractivity contribution in [2.24, 2.45) is 0 Å². The summed E-state index contributed by atoms with van der Waals surface area (Å²) in [5, 5.41) is 10.3. The molecule has 1 atom stereocenters. The van der Waals surface area contributed by atoms with E-state index in [9.17, 15) is 9.50 Å². The van der Waals surface area contributed by atoms with Crippen molar-refractivity contribution >= 4 is 11.8 Å². The van der Waals surface area contributed by atoms with E-state index in [1.54, 1.807) is 0 Å². The van der Waals surface area contributed by atoms with Crippen LogP contribution in [0.1, 0.15) is 18.1 Å². The molecule has 0 aliphatic carbocycles. The lowest BCUT2D eigenvalue weighted by atomic mass is 10.1. The van der Waals surface area contributed by atoms with Crippen molar-refractivity contribution in [2.45, 2.75) is 12.5 Å². The molecule has 1 aliphatic heterocycles. The zero-order valence-electron chi connectivity index (χ0n) is 14.3. The number of hydrogen-bond donors (Lipinski definition) is 1. The lowest BCUT2D eigenvalue weighted by Crippen LogP contribution is -2.37. The largest absolute Gasteiger partial charge is 0.388 e. The molecule has 1 N–H and O–H groups in total. The summed E-state index contributed by atoms with van der Waals surface area (Å²) in [6, 6.07) is 9.52. The van der Waals surface area contributed by atoms with E-state index < -0.39 is 11.9 Å². The molecule has 6 nitrogen and oxygen atoms in total. The molecule has 1 aromatic carbocycles. The highest BCUT2D eigenvalue weighted by molar-refractivity contribution is 5.45. The van der Waals surface area contributed by atoms with E-state index in [1.807, 2.05) is 47.2 Å². The van der Waals surface area contributed by atoms with Gasteiger partial charge in [0.15, 0.2) is 11.6 Å². The molecular formula is C18H23FN4O2. The average molecular weight is 346 g/mol. The Morgan fingerprint density at radius 3 is 2.72 bits per heavy atom. The SMILES string of the molecule is CN(CC[C@H](O)c1ccccc1)c1ncc(F)c(N2CCOCC2)n1. The fraction of sp³-hybridized carbons (Fsp3) is 0.444. The second-order valence-corrected chi connectivity index (χ2v) is 6.08. The quantitative estimate of drug-likeness (QED) is 0.863. The number of halogens is 1. The van der Waals surface area contributed by atoms with E-state index in [-0.39, 0.29) is 0 Å². The Bertz CT molecular complexity index is 680. The van der Waals surface area contributed by atoms with Gasteiger partial charge in [0.2, 0.25) is 5.95 Å². The molecule has 0 saturated carbocycles. The highest BCUT2D eigenvalue weighted by Gasteiger charge is 2.19. The van der Waals surface area contributed by atoms with Crippen molar-refractivity contribution in [1.82, 2.24) is 9.97 Å². The van der Waals surface area contributed by atoms with Crippen molar-refractivity contribution in [2.75, 3.05) is 49.7 Å². The molecule has 2 heterocycles. The molecule has 134 valence electrons. The molecule has 3 rings (SSSR count). The maximum Gasteiger partial charge on any atom is 0.227 e. The van der Waals surface area contributed by atoms with Gasteiger partial charge in [-0.05, 0) is 12.0 Å². The van der Waals surface area contributed by atoms with Gasteiger partial charge >= 0.3 is 0 Å². The summed E-state index contributed by atoms with van der Waals surface area (Å²) in [5.74, 6) is 0.329. The van der Waals surface area contributed by atoms with Gasteiger partial charge in [0.1, 0.15) is 0 Å². The summed E-state index contributed by atoms with van der Waals surface area (Å²) in [4.78, 5) is 12.2. The second-order valence-electron chi connectivity index (χ2n) is 6.08. The fourth-order valence-electron chi connectivity index (χ4n) is 2.79. The van der Waals surface area contributed by atoms with Crippen LogP contribution in [0.5, 0.6) is 0 Å². The lowest BCUT2D eigenvalue weighted by molar-refractivity contribution is 0.122. The number of aromatic nitrogens is 2. The average Bonchev–Trinajstić information content (AvgIpc) is 2.67. The van der Waals surface area contributed by atoms with Crippen LogP contribution in [0, 0.1) is 5.82 Å². The van der Waals surface area contributed by atoms with Crippen LogP contribution in [0.4, 0.5) is 16.2 Å². The van der Waals surface area contributed by atoms with E-state index in [0.29, 0.717) is 51.0 Å². The normalized spacial score (nSPS) is 15.9. The van der Waals surface area contributed by atoms with Crippen LogP contribution in [-0.2, 0) is 4.74 Å². The minimum atomic E-state index is -0.553. The van der Waals surface area contributed by atoms with Crippen LogP contribution in [0.3, 0.4) is 0 Å². The Balaban J connectivity index is 1.64. The molecule has 0 unspecified atom stereocenters. The molecular weight excluding hydrogens is 323 g/mol. The van der Waals surface area contributed by atoms with E-state index in [4.69, 9.17) is 4.74 Å². The zero-order valence-corrected chi connectivity index (χ0v) is 14.3. The molecule has 1 fully saturated rings. The predicted molar refractivity (Wildman–Crippen MR) is 94.3 cm³/mol. The number of nitrogens with zero attached hydrogens (tertiary/aromatic N) is 4. The molecule has 1 aromatic heterocycles. The van der Waals surface area contributed by atoms with Crippen molar-refractivity contribution in [3.63, 3.8) is 0 Å². The first kappa shape index (κ1) is 17.6. The van der Waals surface area contributed by atoms with E-state index >= 15 is 0 Å². The van der Waals surface area contributed by atoms with Gasteiger partial charge < -0.3 is 19.6 Å². The lowest BCUT2D eigenvalue weighted by Gasteiger charge is -2.29. The first-order valence-corrected chi connectivity index (χ1v) is 8.44. The summed E-state index contributed by atoms with van der Waals surface area (Å²) in [6.07, 6.45) is 1.19. The highest BCUT2D eigenvalue weighted by Crippen LogP contribution is 2.21. The van der Waals surface area contributed by atoms with Crippen molar-refractivity contribution in [1.29, 1.82) is 0 Å². The molecule has 1 aliphatic rings. The van der Waals surface area contributed by atoms with Crippen LogP contribution in [0.2, 0.25) is 0 Å². The van der Waals surface area contributed by atoms with Crippen molar-refractivity contribution < 1.29 is 14.2 Å². The Labute approximate surface area is 146 Å². The monoisotopic (exact) mass is 346 g/mol. The van der Waals surface area contributed by atoms with Crippen LogP contribution in [-0.4, -0.2) is 55.0 Å². The first-order valence-electron chi connectivity index (χ1n) is 8.44. The van der Waals surface area contributed by atoms with Gasteiger partial charge in [-0.3, -0.25) is 0 Å². The molecule has 0 amide bonds. The van der Waals surface area contributed by atoms with Gasteiger partial charge in [-0.2, -0.15) is 4.98 Å². The van der Waals surface area contributed by atoms with Gasteiger partial charge in [0.25, 0.3) is 0 Å². The molecule has 2 aromatic rings. The molecule has 7 heteroatoms. The Morgan fingerprint density at radius 1 is 1.28 bits per heavy atom. The third-order valence-electron chi connectivity index (χ3n) is 4.29. The van der Waals surface area contributed by atoms with Gasteiger partial charge in [0.05, 0.1) is 25.5 Å². The summed E-state index contributed by atoms with van der Waals surface area (Å²) in [5.41, 5.74) is 0.880. The number of anilines is 2. The van der Waals surface area contributed by atoms with Gasteiger partial charge in [0, 0.05) is 26.7 Å². The minimum absolute atomic E-state index is 0.309. The smallest absolute Gasteiger partial charge is 0.227 e. The highest BCUT2D eigenvalue weighted by atomic mass is 19.1. The summed E-state index contributed by atoms with van der Waals surface area (Å²) in [6.45, 7) is 2.92. The van der Waals surface area contributed by atoms with Crippen molar-refractivity contribution in [3.8, 4) is 0 Å². The van der Waals surface area contributed by atoms with Gasteiger partial charge in [-0.25, -0.2) is 9.37 Å². The second kappa shape index (κ2) is 8.22.